The maximum Gasteiger partial charge on any atom is 0.234 e. The molecule has 0 saturated carbocycles. The van der Waals surface area contributed by atoms with Crippen LogP contribution >= 0.6 is 11.8 Å². The van der Waals surface area contributed by atoms with E-state index in [1.54, 1.807) is 7.11 Å². The van der Waals surface area contributed by atoms with Gasteiger partial charge in [-0.3, -0.25) is 9.20 Å². The van der Waals surface area contributed by atoms with Gasteiger partial charge >= 0.3 is 0 Å². The Hall–Kier alpha value is -3.58. The number of ether oxygens (including phenoxy) is 1. The number of benzene rings is 3. The molecule has 2 heterocycles. The molecule has 6 nitrogen and oxygen atoms in total. The number of hydrogen-bond acceptors (Lipinski definition) is 5. The van der Waals surface area contributed by atoms with Gasteiger partial charge in [0.1, 0.15) is 5.75 Å². The first-order valence-corrected chi connectivity index (χ1v) is 10.9. The number of hydrogen-bond donors (Lipinski definition) is 1. The molecule has 0 aliphatic heterocycles. The molecule has 1 amide bonds. The van der Waals surface area contributed by atoms with Crippen LogP contribution in [0, 0.1) is 6.92 Å². The molecular formula is C24H20N4O2S. The minimum atomic E-state index is -0.0906. The van der Waals surface area contributed by atoms with Crippen molar-refractivity contribution in [2.45, 2.75) is 12.1 Å². The number of aromatic nitrogens is 3. The highest BCUT2D eigenvalue weighted by molar-refractivity contribution is 7.99. The zero-order chi connectivity index (χ0) is 21.4. The van der Waals surface area contributed by atoms with Crippen molar-refractivity contribution in [3.05, 3.63) is 72.3 Å². The van der Waals surface area contributed by atoms with Gasteiger partial charge in [-0.15, -0.1) is 10.2 Å². The number of anilines is 1. The van der Waals surface area contributed by atoms with Crippen LogP contribution in [0.4, 0.5) is 5.69 Å². The van der Waals surface area contributed by atoms with Crippen molar-refractivity contribution in [3.8, 4) is 5.75 Å². The van der Waals surface area contributed by atoms with Crippen LogP contribution < -0.4 is 10.1 Å². The number of thioether (sulfide) groups is 1. The smallest absolute Gasteiger partial charge is 0.234 e. The Morgan fingerprint density at radius 2 is 1.87 bits per heavy atom. The summed E-state index contributed by atoms with van der Waals surface area (Å²) in [5.74, 6) is 0.897. The van der Waals surface area contributed by atoms with Crippen LogP contribution in [0.25, 0.3) is 27.3 Å². The zero-order valence-electron chi connectivity index (χ0n) is 17.1. The third kappa shape index (κ3) is 3.57. The second-order valence-corrected chi connectivity index (χ2v) is 8.19. The molecular weight excluding hydrogens is 408 g/mol. The SMILES string of the molecule is COc1ccc2c(C)cc3nnc(SCC(=O)Nc4cccc5ccccc45)n3c2c1. The quantitative estimate of drug-likeness (QED) is 0.395. The Bertz CT molecular complexity index is 1440. The summed E-state index contributed by atoms with van der Waals surface area (Å²) in [7, 11) is 1.65. The summed E-state index contributed by atoms with van der Waals surface area (Å²) in [6, 6.07) is 21.8. The van der Waals surface area contributed by atoms with E-state index in [0.717, 1.165) is 44.3 Å². The number of carbonyl (C=O) groups excluding carboxylic acids is 1. The molecule has 0 radical (unpaired) electrons. The minimum absolute atomic E-state index is 0.0906. The van der Waals surface area contributed by atoms with Crippen molar-refractivity contribution in [3.63, 3.8) is 0 Å². The van der Waals surface area contributed by atoms with Gasteiger partial charge in [0.05, 0.1) is 18.4 Å². The van der Waals surface area contributed by atoms with E-state index in [0.29, 0.717) is 5.16 Å². The summed E-state index contributed by atoms with van der Waals surface area (Å²) in [5.41, 5.74) is 3.62. The number of pyridine rings is 1. The van der Waals surface area contributed by atoms with Gasteiger partial charge in [-0.1, -0.05) is 48.2 Å². The highest BCUT2D eigenvalue weighted by atomic mass is 32.2. The molecule has 0 aliphatic rings. The molecule has 0 fully saturated rings. The number of fused-ring (bicyclic) bond motifs is 4. The van der Waals surface area contributed by atoms with Crippen LogP contribution in [0.2, 0.25) is 0 Å². The molecule has 0 bridgehead atoms. The fraction of sp³-hybridized carbons (Fsp3) is 0.125. The van der Waals surface area contributed by atoms with E-state index in [-0.39, 0.29) is 11.7 Å². The Morgan fingerprint density at radius 1 is 1.03 bits per heavy atom. The third-order valence-corrected chi connectivity index (χ3v) is 6.20. The van der Waals surface area contributed by atoms with Gasteiger partial charge in [-0.25, -0.2) is 0 Å². The molecule has 0 spiro atoms. The fourth-order valence-corrected chi connectivity index (χ4v) is 4.53. The lowest BCUT2D eigenvalue weighted by Gasteiger charge is -2.10. The summed E-state index contributed by atoms with van der Waals surface area (Å²) >= 11 is 1.36. The van der Waals surface area contributed by atoms with Crippen molar-refractivity contribution < 1.29 is 9.53 Å². The number of aryl methyl sites for hydroxylation is 1. The molecule has 2 aromatic heterocycles. The van der Waals surface area contributed by atoms with Crippen LogP contribution in [0.3, 0.4) is 0 Å². The van der Waals surface area contributed by atoms with Gasteiger partial charge in [-0.05, 0) is 42.1 Å². The molecule has 31 heavy (non-hydrogen) atoms. The summed E-state index contributed by atoms with van der Waals surface area (Å²) < 4.78 is 7.38. The Kier molecular flexibility index (Phi) is 4.95. The minimum Gasteiger partial charge on any atom is -0.497 e. The Morgan fingerprint density at radius 3 is 2.74 bits per heavy atom. The van der Waals surface area contributed by atoms with Gasteiger partial charge in [0.25, 0.3) is 0 Å². The molecule has 3 aromatic carbocycles. The van der Waals surface area contributed by atoms with Crippen LogP contribution in [0.5, 0.6) is 5.75 Å². The third-order valence-electron chi connectivity index (χ3n) is 5.27. The highest BCUT2D eigenvalue weighted by Gasteiger charge is 2.14. The standard InChI is InChI=1S/C24H20N4O2S/c1-15-12-22-26-27-24(28(22)21-13-17(30-2)10-11-18(15)21)31-14-23(29)25-20-9-5-7-16-6-3-4-8-19(16)20/h3-13H,14H2,1-2H3,(H,25,29). The summed E-state index contributed by atoms with van der Waals surface area (Å²) in [6.45, 7) is 2.05. The number of rotatable bonds is 5. The van der Waals surface area contributed by atoms with Gasteiger partial charge in [0, 0.05) is 22.5 Å². The first-order chi connectivity index (χ1) is 15.1. The van der Waals surface area contributed by atoms with Crippen LogP contribution in [0.15, 0.2) is 71.9 Å². The predicted octanol–water partition coefficient (Wildman–Crippen LogP) is 5.08. The first-order valence-electron chi connectivity index (χ1n) is 9.87. The first kappa shape index (κ1) is 19.4. The fourth-order valence-electron chi connectivity index (χ4n) is 3.77. The van der Waals surface area contributed by atoms with E-state index < -0.39 is 0 Å². The van der Waals surface area contributed by atoms with Crippen LogP contribution in [0.1, 0.15) is 5.56 Å². The number of carbonyl (C=O) groups is 1. The number of nitrogens with one attached hydrogen (secondary N) is 1. The average molecular weight is 429 g/mol. The normalized spacial score (nSPS) is 11.3. The van der Waals surface area contributed by atoms with E-state index >= 15 is 0 Å². The van der Waals surface area contributed by atoms with E-state index in [1.165, 1.54) is 11.8 Å². The Labute approximate surface area is 183 Å². The predicted molar refractivity (Wildman–Crippen MR) is 125 cm³/mol. The average Bonchev–Trinajstić information content (AvgIpc) is 3.20. The van der Waals surface area contributed by atoms with Gasteiger partial charge in [-0.2, -0.15) is 0 Å². The number of methoxy groups -OCH3 is 1. The lowest BCUT2D eigenvalue weighted by atomic mass is 10.1. The molecule has 5 rings (SSSR count). The highest BCUT2D eigenvalue weighted by Crippen LogP contribution is 2.29. The van der Waals surface area contributed by atoms with Crippen molar-refractivity contribution in [2.24, 2.45) is 0 Å². The van der Waals surface area contributed by atoms with E-state index in [4.69, 9.17) is 4.74 Å². The molecule has 7 heteroatoms. The monoisotopic (exact) mass is 428 g/mol. The number of amides is 1. The van der Waals surface area contributed by atoms with Crippen molar-refractivity contribution in [2.75, 3.05) is 18.2 Å². The maximum absolute atomic E-state index is 12.7. The lowest BCUT2D eigenvalue weighted by molar-refractivity contribution is -0.113. The van der Waals surface area contributed by atoms with E-state index in [9.17, 15) is 4.79 Å². The summed E-state index contributed by atoms with van der Waals surface area (Å²) in [6.07, 6.45) is 0. The zero-order valence-corrected chi connectivity index (χ0v) is 17.9. The van der Waals surface area contributed by atoms with Crippen molar-refractivity contribution >= 4 is 50.7 Å². The number of nitrogens with zero attached hydrogens (tertiary/aromatic N) is 3. The van der Waals surface area contributed by atoms with Crippen molar-refractivity contribution in [1.82, 2.24) is 14.6 Å². The van der Waals surface area contributed by atoms with Gasteiger partial charge in [0.15, 0.2) is 10.8 Å². The Balaban J connectivity index is 1.43. The summed E-state index contributed by atoms with van der Waals surface area (Å²) in [4.78, 5) is 12.7. The van der Waals surface area contributed by atoms with E-state index in [1.807, 2.05) is 78.1 Å². The molecule has 0 unspecified atom stereocenters. The molecule has 154 valence electrons. The second-order valence-electron chi connectivity index (χ2n) is 7.25. The largest absolute Gasteiger partial charge is 0.497 e. The topological polar surface area (TPSA) is 68.5 Å². The molecule has 0 aliphatic carbocycles. The van der Waals surface area contributed by atoms with E-state index in [2.05, 4.69) is 15.5 Å². The molecule has 1 N–H and O–H groups in total. The maximum atomic E-state index is 12.7. The molecule has 0 saturated heterocycles. The van der Waals surface area contributed by atoms with Gasteiger partial charge in [0.2, 0.25) is 5.91 Å². The van der Waals surface area contributed by atoms with Crippen LogP contribution in [-0.2, 0) is 4.79 Å². The summed E-state index contributed by atoms with van der Waals surface area (Å²) in [5, 5.41) is 15.5. The second kappa shape index (κ2) is 7.92. The molecule has 5 aromatic rings. The molecule has 0 atom stereocenters. The van der Waals surface area contributed by atoms with Gasteiger partial charge < -0.3 is 10.1 Å². The van der Waals surface area contributed by atoms with Crippen LogP contribution in [-0.4, -0.2) is 33.4 Å². The van der Waals surface area contributed by atoms with Crippen molar-refractivity contribution in [1.29, 1.82) is 0 Å². The lowest BCUT2D eigenvalue weighted by Crippen LogP contribution is -2.14.